The molecule has 0 atom stereocenters. The zero-order valence-electron chi connectivity index (χ0n) is 22.4. The van der Waals surface area contributed by atoms with E-state index in [9.17, 15) is 4.79 Å². The number of halogens is 1. The summed E-state index contributed by atoms with van der Waals surface area (Å²) in [5.74, 6) is 0. The van der Waals surface area contributed by atoms with E-state index in [1.807, 2.05) is 0 Å². The average molecular weight is 656 g/mol. The van der Waals surface area contributed by atoms with Crippen molar-refractivity contribution in [3.63, 3.8) is 0 Å². The fraction of sp³-hybridized carbons (Fsp3) is 0.219. The van der Waals surface area contributed by atoms with Gasteiger partial charge in [0, 0.05) is 0 Å². The Morgan fingerprint density at radius 2 is 0.868 bits per heavy atom. The Morgan fingerprint density at radius 3 is 1.08 bits per heavy atom. The first kappa shape index (κ1) is 30.9. The summed E-state index contributed by atoms with van der Waals surface area (Å²) < 4.78 is 2.10. The molecule has 0 bridgehead atoms. The van der Waals surface area contributed by atoms with Crippen molar-refractivity contribution >= 4 is 53.9 Å². The number of rotatable bonds is 10. The Bertz CT molecular complexity index is 1100. The first-order valence-corrected chi connectivity index (χ1v) is 19.8. The maximum atomic E-state index is 12.8. The molecular formula is C32H38ClNOP2Pd. The van der Waals surface area contributed by atoms with Crippen molar-refractivity contribution in [3.05, 3.63) is 121 Å². The summed E-state index contributed by atoms with van der Waals surface area (Å²) >= 11 is 3.83. The summed E-state index contributed by atoms with van der Waals surface area (Å²) in [6, 6.07) is 43.6. The summed E-state index contributed by atoms with van der Waals surface area (Å²) in [4.78, 5) is 13.3. The van der Waals surface area contributed by atoms with Gasteiger partial charge < -0.3 is 6.15 Å². The van der Waals surface area contributed by atoms with E-state index in [2.05, 4.69) is 142 Å². The maximum Gasteiger partial charge on any atom is -0.344 e. The monoisotopic (exact) mass is 655 g/mol. The van der Waals surface area contributed by atoms with Gasteiger partial charge in [0.05, 0.1) is 0 Å². The van der Waals surface area contributed by atoms with E-state index in [1.54, 1.807) is 0 Å². The molecule has 0 saturated heterocycles. The van der Waals surface area contributed by atoms with Crippen LogP contribution in [-0.2, 0) is 20.3 Å². The van der Waals surface area contributed by atoms with E-state index in [-0.39, 0.29) is 15.3 Å². The van der Waals surface area contributed by atoms with E-state index >= 15 is 0 Å². The second-order valence-corrected chi connectivity index (χ2v) is 24.1. The number of benzene rings is 4. The number of hydrogen-bond acceptors (Lipinski definition) is 2. The molecule has 0 radical (unpaired) electrons. The van der Waals surface area contributed by atoms with Crippen molar-refractivity contribution < 1.29 is 20.3 Å². The Labute approximate surface area is 239 Å². The van der Waals surface area contributed by atoms with Crippen LogP contribution in [0, 0.1) is 0 Å². The first-order chi connectivity index (χ1) is 17.8. The summed E-state index contributed by atoms with van der Waals surface area (Å²) in [6.45, 7) is 7.07. The van der Waals surface area contributed by atoms with Crippen LogP contribution in [0.4, 0.5) is 0 Å². The molecule has 0 amide bonds. The number of carbonyl (C=O) groups excluding carboxylic acids is 1. The van der Waals surface area contributed by atoms with Gasteiger partial charge in [0.2, 0.25) is 0 Å². The quantitative estimate of drug-likeness (QED) is 0.107. The van der Waals surface area contributed by atoms with Crippen LogP contribution >= 0.6 is 27.4 Å². The van der Waals surface area contributed by atoms with Gasteiger partial charge in [-0.2, -0.15) is 0 Å². The molecule has 204 valence electrons. The summed E-state index contributed by atoms with van der Waals surface area (Å²) in [5.41, 5.74) is 0. The van der Waals surface area contributed by atoms with Crippen molar-refractivity contribution in [3.8, 4) is 0 Å². The summed E-state index contributed by atoms with van der Waals surface area (Å²) in [6.07, 6.45) is 0. The third-order valence-electron chi connectivity index (χ3n) is 6.16. The number of carbonyl (C=O) groups is 1. The van der Waals surface area contributed by atoms with Gasteiger partial charge in [-0.3, -0.25) is 0 Å². The molecule has 4 aromatic carbocycles. The summed E-state index contributed by atoms with van der Waals surface area (Å²) in [5, 5.41) is 5.31. The second-order valence-electron chi connectivity index (χ2n) is 9.65. The smallest absolute Gasteiger partial charge is 0.344 e. The first-order valence-electron chi connectivity index (χ1n) is 12.2. The van der Waals surface area contributed by atoms with Gasteiger partial charge in [-0.1, -0.05) is 0 Å². The third-order valence-corrected chi connectivity index (χ3v) is 26.5. The van der Waals surface area contributed by atoms with Crippen LogP contribution < -0.4 is 27.4 Å². The fourth-order valence-electron chi connectivity index (χ4n) is 4.08. The molecule has 0 fully saturated rings. The minimum Gasteiger partial charge on any atom is -0.344 e. The Kier molecular flexibility index (Phi) is 11.5. The van der Waals surface area contributed by atoms with Crippen LogP contribution in [0.2, 0.25) is 8.78 Å². The molecule has 2 nitrogen and oxygen atoms in total. The van der Waals surface area contributed by atoms with E-state index in [0.29, 0.717) is 4.89 Å². The zero-order valence-corrected chi connectivity index (χ0v) is 26.5. The minimum absolute atomic E-state index is 0. The minimum atomic E-state index is -2.50. The molecule has 0 heterocycles. The Morgan fingerprint density at radius 1 is 0.605 bits per heavy atom. The molecular weight excluding hydrogens is 618 g/mol. The van der Waals surface area contributed by atoms with Crippen LogP contribution in [-0.4, -0.2) is 14.5 Å². The van der Waals surface area contributed by atoms with E-state index in [0.717, 1.165) is 9.27 Å². The van der Waals surface area contributed by atoms with Gasteiger partial charge in [0.1, 0.15) is 0 Å². The van der Waals surface area contributed by atoms with Crippen molar-refractivity contribution in [1.82, 2.24) is 6.15 Å². The summed E-state index contributed by atoms with van der Waals surface area (Å²) in [7, 11) is -1.27. The van der Waals surface area contributed by atoms with Gasteiger partial charge in [0.15, 0.2) is 0 Å². The largest absolute Gasteiger partial charge is 0.344 e. The van der Waals surface area contributed by atoms with E-state index < -0.39 is 31.4 Å². The molecule has 0 saturated carbocycles. The van der Waals surface area contributed by atoms with E-state index in [4.69, 9.17) is 11.6 Å². The molecule has 4 aromatic rings. The molecule has 0 aromatic heterocycles. The number of hydrogen-bond donors (Lipinski definition) is 1. The molecule has 3 N–H and O–H groups in total. The molecule has 4 rings (SSSR count). The second kappa shape index (κ2) is 14.1. The van der Waals surface area contributed by atoms with Crippen molar-refractivity contribution in [2.45, 2.75) is 29.6 Å². The van der Waals surface area contributed by atoms with Crippen LogP contribution in [0.5, 0.6) is 0 Å². The van der Waals surface area contributed by atoms with Crippen LogP contribution in [0.25, 0.3) is 0 Å². The fourth-order valence-corrected chi connectivity index (χ4v) is 27.6. The standard InChI is InChI=1S/2C13H12P.C4H9.C2H2ClO.H3N.Pd/c2*1-14(12-8-4-2-5-9-12)13-10-6-3-7-11-13;1-4(2)3;1-2(3)4;;/h2*2-11H,1H2;1-3H3;1H2;1H3;. The SMILES string of the molecule is C[C](C)(C)[Pd]([CH2]C(=O)Cl)([CH2]P(c1ccccc1)c1ccccc1)[CH2]P(c1ccccc1)c1ccccc1.N. The van der Waals surface area contributed by atoms with Crippen LogP contribution in [0.3, 0.4) is 0 Å². The van der Waals surface area contributed by atoms with Crippen molar-refractivity contribution in [2.75, 3.05) is 9.27 Å². The Balaban J connectivity index is 0.00000400. The third kappa shape index (κ3) is 7.71. The van der Waals surface area contributed by atoms with Gasteiger partial charge in [0.25, 0.3) is 0 Å². The van der Waals surface area contributed by atoms with Gasteiger partial charge >= 0.3 is 234 Å². The molecule has 38 heavy (non-hydrogen) atoms. The van der Waals surface area contributed by atoms with Gasteiger partial charge in [-0.05, 0) is 0 Å². The van der Waals surface area contributed by atoms with Crippen LogP contribution in [0.15, 0.2) is 121 Å². The molecule has 0 unspecified atom stereocenters. The molecule has 0 spiro atoms. The molecule has 0 aliphatic rings. The van der Waals surface area contributed by atoms with Crippen molar-refractivity contribution in [1.29, 1.82) is 0 Å². The van der Waals surface area contributed by atoms with Crippen molar-refractivity contribution in [2.24, 2.45) is 0 Å². The van der Waals surface area contributed by atoms with E-state index in [1.165, 1.54) is 21.2 Å². The predicted octanol–water partition coefficient (Wildman–Crippen LogP) is 7.89. The average Bonchev–Trinajstić information content (AvgIpc) is 2.91. The Hall–Kier alpha value is -1.68. The molecule has 0 aliphatic carbocycles. The topological polar surface area (TPSA) is 52.1 Å². The maximum absolute atomic E-state index is 12.8. The van der Waals surface area contributed by atoms with Gasteiger partial charge in [-0.25, -0.2) is 0 Å². The van der Waals surface area contributed by atoms with Crippen LogP contribution in [0.1, 0.15) is 20.8 Å². The molecule has 0 aliphatic heterocycles. The predicted molar refractivity (Wildman–Crippen MR) is 168 cm³/mol. The zero-order chi connectivity index (χ0) is 26.3. The molecule has 6 heteroatoms. The van der Waals surface area contributed by atoms with Gasteiger partial charge in [-0.15, -0.1) is 0 Å². The normalized spacial score (nSPS) is 12.3.